The van der Waals surface area contributed by atoms with Gasteiger partial charge in [-0.05, 0) is 41.9 Å². The molecule has 0 atom stereocenters. The molecule has 1 aliphatic rings. The number of rotatable bonds is 6. The molecule has 9 nitrogen and oxygen atoms in total. The summed E-state index contributed by atoms with van der Waals surface area (Å²) in [6.45, 7) is 7.36. The molecule has 0 spiro atoms. The van der Waals surface area contributed by atoms with Crippen LogP contribution in [0.1, 0.15) is 55.5 Å². The first-order valence-corrected chi connectivity index (χ1v) is 10.7. The third kappa shape index (κ3) is 3.93. The quantitative estimate of drug-likeness (QED) is 0.424. The summed E-state index contributed by atoms with van der Waals surface area (Å²) in [5.74, 6) is 0.624. The van der Waals surface area contributed by atoms with Crippen LogP contribution in [0.5, 0.6) is 0 Å². The Hall–Kier alpha value is -3.75. The van der Waals surface area contributed by atoms with Crippen molar-refractivity contribution in [3.63, 3.8) is 0 Å². The highest BCUT2D eigenvalue weighted by Gasteiger charge is 2.28. The van der Waals surface area contributed by atoms with Crippen molar-refractivity contribution in [2.24, 2.45) is 11.1 Å². The van der Waals surface area contributed by atoms with E-state index in [1.165, 1.54) is 6.20 Å². The van der Waals surface area contributed by atoms with Crippen molar-refractivity contribution in [1.82, 2.24) is 29.9 Å². The van der Waals surface area contributed by atoms with Crippen LogP contribution in [0.15, 0.2) is 36.9 Å². The average Bonchev–Trinajstić information content (AvgIpc) is 3.37. The smallest absolute Gasteiger partial charge is 0.250 e. The van der Waals surface area contributed by atoms with E-state index in [1.54, 1.807) is 6.20 Å². The molecule has 0 unspecified atom stereocenters. The van der Waals surface area contributed by atoms with Crippen LogP contribution < -0.4 is 11.1 Å². The summed E-state index contributed by atoms with van der Waals surface area (Å²) in [6.07, 6.45) is 9.05. The number of aromatic amines is 1. The van der Waals surface area contributed by atoms with Crippen LogP contribution in [0.4, 0.5) is 11.5 Å². The number of hydrogen-bond donors (Lipinski definition) is 3. The van der Waals surface area contributed by atoms with E-state index in [2.05, 4.69) is 51.4 Å². The van der Waals surface area contributed by atoms with Gasteiger partial charge in [0.2, 0.25) is 5.91 Å². The minimum Gasteiger partial charge on any atom is -0.366 e. The van der Waals surface area contributed by atoms with Gasteiger partial charge in [0.05, 0.1) is 34.9 Å². The molecule has 4 N–H and O–H groups in total. The fourth-order valence-electron chi connectivity index (χ4n) is 3.81. The molecule has 164 valence electrons. The largest absolute Gasteiger partial charge is 0.366 e. The van der Waals surface area contributed by atoms with Gasteiger partial charge in [-0.3, -0.25) is 19.6 Å². The highest BCUT2D eigenvalue weighted by molar-refractivity contribution is 5.93. The van der Waals surface area contributed by atoms with E-state index in [9.17, 15) is 4.79 Å². The Labute approximate surface area is 185 Å². The molecule has 0 saturated heterocycles. The van der Waals surface area contributed by atoms with Crippen molar-refractivity contribution in [3.8, 4) is 11.4 Å². The molecule has 4 aromatic heterocycles. The van der Waals surface area contributed by atoms with Gasteiger partial charge in [0, 0.05) is 24.3 Å². The van der Waals surface area contributed by atoms with E-state index in [0.29, 0.717) is 17.3 Å². The number of fused-ring (bicyclic) bond motifs is 1. The molecule has 32 heavy (non-hydrogen) atoms. The van der Waals surface area contributed by atoms with Crippen LogP contribution >= 0.6 is 0 Å². The first kappa shape index (κ1) is 20.2. The zero-order valence-electron chi connectivity index (χ0n) is 18.4. The number of hydrogen-bond acceptors (Lipinski definition) is 6. The molecule has 4 heterocycles. The maximum atomic E-state index is 11.6. The van der Waals surface area contributed by atoms with Crippen molar-refractivity contribution >= 4 is 28.3 Å². The molecule has 0 bridgehead atoms. The fraction of sp³-hybridized carbons (Fsp3) is 0.348. The molecule has 9 heteroatoms. The van der Waals surface area contributed by atoms with Gasteiger partial charge in [0.15, 0.2) is 0 Å². The second kappa shape index (κ2) is 7.44. The zero-order chi connectivity index (χ0) is 22.5. The molecule has 4 aromatic rings. The van der Waals surface area contributed by atoms with Crippen LogP contribution in [0.2, 0.25) is 0 Å². The molecular weight excluding hydrogens is 404 g/mol. The van der Waals surface area contributed by atoms with E-state index >= 15 is 0 Å². The lowest BCUT2D eigenvalue weighted by Crippen LogP contribution is -2.16. The summed E-state index contributed by atoms with van der Waals surface area (Å²) in [4.78, 5) is 20.7. The van der Waals surface area contributed by atoms with Crippen molar-refractivity contribution in [1.29, 1.82) is 0 Å². The van der Waals surface area contributed by atoms with Crippen LogP contribution in [0.3, 0.4) is 0 Å². The summed E-state index contributed by atoms with van der Waals surface area (Å²) in [6, 6.07) is 3.86. The second-order valence-corrected chi connectivity index (χ2v) is 9.58. The zero-order valence-corrected chi connectivity index (χ0v) is 18.4. The van der Waals surface area contributed by atoms with Gasteiger partial charge in [-0.1, -0.05) is 20.8 Å². The van der Waals surface area contributed by atoms with Crippen molar-refractivity contribution in [3.05, 3.63) is 48.0 Å². The van der Waals surface area contributed by atoms with Gasteiger partial charge >= 0.3 is 0 Å². The third-order valence-corrected chi connectivity index (χ3v) is 5.52. The summed E-state index contributed by atoms with van der Waals surface area (Å²) in [5, 5.41) is 16.2. The van der Waals surface area contributed by atoms with Gasteiger partial charge in [0.25, 0.3) is 0 Å². The molecule has 1 saturated carbocycles. The van der Waals surface area contributed by atoms with Crippen molar-refractivity contribution < 1.29 is 4.79 Å². The number of pyridine rings is 2. The van der Waals surface area contributed by atoms with Crippen molar-refractivity contribution in [2.75, 3.05) is 5.32 Å². The second-order valence-electron chi connectivity index (χ2n) is 9.58. The third-order valence-electron chi connectivity index (χ3n) is 5.52. The molecule has 5 rings (SSSR count). The standard InChI is InChI=1S/C23H26N8O/c1-23(2,3)12-31-19-7-17(25-9-15(19)10-28-31)20-18(11-27-30-20)29-22-16(13-4-5-13)6-14(8-26-22)21(24)32/h6-11,13H,4-5,12H2,1-3H3,(H2,24,32)(H,26,29)(H,27,30). The van der Waals surface area contributed by atoms with Gasteiger partial charge < -0.3 is 11.1 Å². The Morgan fingerprint density at radius 2 is 2.00 bits per heavy atom. The van der Waals surface area contributed by atoms with E-state index in [4.69, 9.17) is 5.73 Å². The lowest BCUT2D eigenvalue weighted by Gasteiger charge is -2.18. The Bertz CT molecular complexity index is 1310. The molecular formula is C23H26N8O. The van der Waals surface area contributed by atoms with Gasteiger partial charge in [-0.15, -0.1) is 0 Å². The monoisotopic (exact) mass is 430 g/mol. The fourth-order valence-corrected chi connectivity index (χ4v) is 3.81. The maximum Gasteiger partial charge on any atom is 0.250 e. The number of anilines is 2. The summed E-state index contributed by atoms with van der Waals surface area (Å²) >= 11 is 0. The highest BCUT2D eigenvalue weighted by Crippen LogP contribution is 2.44. The summed E-state index contributed by atoms with van der Waals surface area (Å²) in [5.41, 5.74) is 10.3. The molecule has 1 amide bonds. The molecule has 0 aliphatic heterocycles. The minimum atomic E-state index is -0.473. The van der Waals surface area contributed by atoms with Crippen LogP contribution in [0.25, 0.3) is 22.3 Å². The van der Waals surface area contributed by atoms with Crippen LogP contribution in [-0.4, -0.2) is 35.9 Å². The van der Waals surface area contributed by atoms with E-state index in [0.717, 1.165) is 52.9 Å². The first-order chi connectivity index (χ1) is 15.3. The number of carbonyl (C=O) groups is 1. The first-order valence-electron chi connectivity index (χ1n) is 10.7. The normalized spacial score (nSPS) is 14.1. The lowest BCUT2D eigenvalue weighted by molar-refractivity contribution is 0.1000. The maximum absolute atomic E-state index is 11.6. The number of nitrogens with zero attached hydrogens (tertiary/aromatic N) is 5. The minimum absolute atomic E-state index is 0.102. The van der Waals surface area contributed by atoms with Gasteiger partial charge in [0.1, 0.15) is 11.5 Å². The molecule has 1 aliphatic carbocycles. The Morgan fingerprint density at radius 1 is 1.19 bits per heavy atom. The number of amides is 1. The predicted octanol–water partition coefficient (Wildman–Crippen LogP) is 3.98. The molecule has 0 aromatic carbocycles. The van der Waals surface area contributed by atoms with Crippen LogP contribution in [-0.2, 0) is 6.54 Å². The molecule has 0 radical (unpaired) electrons. The predicted molar refractivity (Wildman–Crippen MR) is 123 cm³/mol. The number of carbonyl (C=O) groups excluding carboxylic acids is 1. The molecule has 1 fully saturated rings. The Kier molecular flexibility index (Phi) is 4.69. The van der Waals surface area contributed by atoms with Crippen molar-refractivity contribution in [2.45, 2.75) is 46.1 Å². The van der Waals surface area contributed by atoms with E-state index in [1.807, 2.05) is 29.2 Å². The Balaban J connectivity index is 1.50. The Morgan fingerprint density at radius 3 is 2.72 bits per heavy atom. The lowest BCUT2D eigenvalue weighted by atomic mass is 9.97. The number of primary amides is 1. The SMILES string of the molecule is CC(C)(C)Cn1ncc2cnc(-c3[nH]ncc3Nc3ncc(C(N)=O)cc3C3CC3)cc21. The van der Waals surface area contributed by atoms with Crippen LogP contribution in [0, 0.1) is 5.41 Å². The summed E-state index contributed by atoms with van der Waals surface area (Å²) in [7, 11) is 0. The number of nitrogens with two attached hydrogens (primary N) is 1. The van der Waals surface area contributed by atoms with E-state index < -0.39 is 5.91 Å². The van der Waals surface area contributed by atoms with Gasteiger partial charge in [-0.25, -0.2) is 4.98 Å². The highest BCUT2D eigenvalue weighted by atomic mass is 16.1. The average molecular weight is 431 g/mol. The number of aromatic nitrogens is 6. The topological polar surface area (TPSA) is 127 Å². The summed E-state index contributed by atoms with van der Waals surface area (Å²) < 4.78 is 2.01. The number of nitrogens with one attached hydrogen (secondary N) is 2. The van der Waals surface area contributed by atoms with E-state index in [-0.39, 0.29) is 5.41 Å². The van der Waals surface area contributed by atoms with Gasteiger partial charge in [-0.2, -0.15) is 10.2 Å². The number of H-pyrrole nitrogens is 1.